The van der Waals surface area contributed by atoms with E-state index in [9.17, 15) is 4.79 Å². The molecule has 0 unspecified atom stereocenters. The zero-order valence-corrected chi connectivity index (χ0v) is 13.4. The molecule has 0 saturated carbocycles. The van der Waals surface area contributed by atoms with Crippen molar-refractivity contribution in [2.75, 3.05) is 6.54 Å². The van der Waals surface area contributed by atoms with Crippen LogP contribution in [0.2, 0.25) is 0 Å². The van der Waals surface area contributed by atoms with Gasteiger partial charge < -0.3 is 14.5 Å². The van der Waals surface area contributed by atoms with Gasteiger partial charge in [0.2, 0.25) is 0 Å². The van der Waals surface area contributed by atoms with Gasteiger partial charge in [0.05, 0.1) is 0 Å². The number of benzene rings is 1. The first-order valence-electron chi connectivity index (χ1n) is 7.69. The van der Waals surface area contributed by atoms with Crippen molar-refractivity contribution in [2.24, 2.45) is 0 Å². The Morgan fingerprint density at radius 1 is 1.18 bits per heavy atom. The number of hydrogen-bond acceptors (Lipinski definition) is 3. The summed E-state index contributed by atoms with van der Waals surface area (Å²) >= 11 is 0. The van der Waals surface area contributed by atoms with Crippen LogP contribution in [-0.2, 0) is 6.61 Å². The fourth-order valence-corrected chi connectivity index (χ4v) is 2.01. The third-order valence-corrected chi connectivity index (χ3v) is 3.35. The summed E-state index contributed by atoms with van der Waals surface area (Å²) in [6, 6.07) is 11.5. The molecule has 0 bridgehead atoms. The lowest BCUT2D eigenvalue weighted by atomic mass is 10.0. The van der Waals surface area contributed by atoms with E-state index in [2.05, 4.69) is 31.3 Å². The average molecular weight is 301 g/mol. The summed E-state index contributed by atoms with van der Waals surface area (Å²) in [5.41, 5.74) is 1.28. The highest BCUT2D eigenvalue weighted by molar-refractivity contribution is 5.91. The molecule has 4 nitrogen and oxygen atoms in total. The van der Waals surface area contributed by atoms with E-state index in [1.54, 1.807) is 12.1 Å². The molecule has 0 saturated heterocycles. The Labute approximate surface area is 131 Å². The Balaban J connectivity index is 1.89. The Bertz CT molecular complexity index is 599. The number of ether oxygens (including phenoxy) is 1. The van der Waals surface area contributed by atoms with Gasteiger partial charge >= 0.3 is 0 Å². The Hall–Kier alpha value is -2.23. The molecule has 0 aliphatic carbocycles. The predicted molar refractivity (Wildman–Crippen MR) is 86.2 cm³/mol. The van der Waals surface area contributed by atoms with Crippen LogP contribution in [0, 0.1) is 0 Å². The van der Waals surface area contributed by atoms with Crippen LogP contribution in [0.1, 0.15) is 55.0 Å². The third-order valence-electron chi connectivity index (χ3n) is 3.35. The maximum atomic E-state index is 11.7. The molecule has 22 heavy (non-hydrogen) atoms. The first kappa shape index (κ1) is 16.1. The number of amides is 1. The van der Waals surface area contributed by atoms with E-state index in [0.717, 1.165) is 12.2 Å². The highest BCUT2D eigenvalue weighted by Gasteiger charge is 2.10. The quantitative estimate of drug-likeness (QED) is 0.837. The van der Waals surface area contributed by atoms with Crippen LogP contribution < -0.4 is 10.1 Å². The zero-order chi connectivity index (χ0) is 15.9. The van der Waals surface area contributed by atoms with Crippen molar-refractivity contribution in [1.29, 1.82) is 0 Å². The summed E-state index contributed by atoms with van der Waals surface area (Å²) in [6.07, 6.45) is 0.898. The van der Waals surface area contributed by atoms with Crippen molar-refractivity contribution in [2.45, 2.75) is 39.7 Å². The molecule has 1 N–H and O–H groups in total. The van der Waals surface area contributed by atoms with Gasteiger partial charge in [-0.2, -0.15) is 0 Å². The molecular weight excluding hydrogens is 278 g/mol. The molecule has 1 aromatic carbocycles. The molecule has 2 aromatic rings. The predicted octanol–water partition coefficient (Wildman–Crippen LogP) is 4.12. The number of carbonyl (C=O) groups is 1. The van der Waals surface area contributed by atoms with Crippen molar-refractivity contribution < 1.29 is 13.9 Å². The smallest absolute Gasteiger partial charge is 0.286 e. The second-order valence-corrected chi connectivity index (χ2v) is 5.53. The number of hydrogen-bond donors (Lipinski definition) is 1. The highest BCUT2D eigenvalue weighted by atomic mass is 16.5. The van der Waals surface area contributed by atoms with E-state index >= 15 is 0 Å². The van der Waals surface area contributed by atoms with Crippen LogP contribution >= 0.6 is 0 Å². The van der Waals surface area contributed by atoms with Crippen molar-refractivity contribution in [3.8, 4) is 5.75 Å². The van der Waals surface area contributed by atoms with Gasteiger partial charge in [-0.25, -0.2) is 0 Å². The minimum atomic E-state index is -0.186. The van der Waals surface area contributed by atoms with Gasteiger partial charge in [0.1, 0.15) is 18.1 Å². The summed E-state index contributed by atoms with van der Waals surface area (Å²) in [6.45, 7) is 7.27. The van der Waals surface area contributed by atoms with Crippen LogP contribution in [0.15, 0.2) is 40.8 Å². The lowest BCUT2D eigenvalue weighted by molar-refractivity contribution is 0.0922. The second kappa shape index (κ2) is 7.69. The molecule has 1 amide bonds. The SMILES string of the molecule is CCCNC(=O)c1ccc(COc2ccc(C(C)C)cc2)o1. The molecule has 4 heteroatoms. The highest BCUT2D eigenvalue weighted by Crippen LogP contribution is 2.19. The van der Waals surface area contributed by atoms with Gasteiger partial charge in [0.15, 0.2) is 5.76 Å². The summed E-state index contributed by atoms with van der Waals surface area (Å²) in [4.78, 5) is 11.7. The minimum Gasteiger partial charge on any atom is -0.486 e. The lowest BCUT2D eigenvalue weighted by Crippen LogP contribution is -2.23. The molecular formula is C18H23NO3. The zero-order valence-electron chi connectivity index (χ0n) is 13.4. The Morgan fingerprint density at radius 3 is 2.55 bits per heavy atom. The average Bonchev–Trinajstić information content (AvgIpc) is 3.00. The minimum absolute atomic E-state index is 0.186. The fourth-order valence-electron chi connectivity index (χ4n) is 2.01. The number of rotatable bonds is 7. The molecule has 0 aliphatic rings. The first-order valence-corrected chi connectivity index (χ1v) is 7.69. The molecule has 1 heterocycles. The van der Waals surface area contributed by atoms with Gasteiger partial charge in [0.25, 0.3) is 5.91 Å². The lowest BCUT2D eigenvalue weighted by Gasteiger charge is -2.08. The molecule has 118 valence electrons. The third kappa shape index (κ3) is 4.38. The Morgan fingerprint density at radius 2 is 1.91 bits per heavy atom. The normalized spacial score (nSPS) is 10.7. The van der Waals surface area contributed by atoms with Crippen LogP contribution in [0.4, 0.5) is 0 Å². The fraction of sp³-hybridized carbons (Fsp3) is 0.389. The van der Waals surface area contributed by atoms with Gasteiger partial charge in [-0.15, -0.1) is 0 Å². The number of furan rings is 1. The maximum Gasteiger partial charge on any atom is 0.286 e. The molecule has 2 rings (SSSR count). The van der Waals surface area contributed by atoms with E-state index in [4.69, 9.17) is 9.15 Å². The molecule has 0 radical (unpaired) electrons. The maximum absolute atomic E-state index is 11.7. The standard InChI is InChI=1S/C18H23NO3/c1-4-11-19-18(20)17-10-9-16(22-17)12-21-15-7-5-14(6-8-15)13(2)3/h5-10,13H,4,11-12H2,1-3H3,(H,19,20). The summed E-state index contributed by atoms with van der Waals surface area (Å²) in [5, 5.41) is 2.78. The summed E-state index contributed by atoms with van der Waals surface area (Å²) in [5.74, 6) is 2.06. The van der Waals surface area contributed by atoms with Crippen LogP contribution in [0.25, 0.3) is 0 Å². The van der Waals surface area contributed by atoms with Gasteiger partial charge in [-0.3, -0.25) is 4.79 Å². The van der Waals surface area contributed by atoms with Crippen molar-refractivity contribution in [3.63, 3.8) is 0 Å². The van der Waals surface area contributed by atoms with E-state index in [1.165, 1.54) is 5.56 Å². The molecule has 0 fully saturated rings. The van der Waals surface area contributed by atoms with E-state index < -0.39 is 0 Å². The molecule has 1 aromatic heterocycles. The van der Waals surface area contributed by atoms with E-state index in [0.29, 0.717) is 30.6 Å². The second-order valence-electron chi connectivity index (χ2n) is 5.53. The van der Waals surface area contributed by atoms with Crippen LogP contribution in [0.5, 0.6) is 5.75 Å². The number of nitrogens with one attached hydrogen (secondary N) is 1. The van der Waals surface area contributed by atoms with Crippen molar-refractivity contribution in [3.05, 3.63) is 53.5 Å². The topological polar surface area (TPSA) is 51.5 Å². The van der Waals surface area contributed by atoms with Crippen LogP contribution in [0.3, 0.4) is 0 Å². The van der Waals surface area contributed by atoms with Crippen LogP contribution in [-0.4, -0.2) is 12.5 Å². The Kier molecular flexibility index (Phi) is 5.64. The monoisotopic (exact) mass is 301 g/mol. The largest absolute Gasteiger partial charge is 0.486 e. The van der Waals surface area contributed by atoms with E-state index in [-0.39, 0.29) is 5.91 Å². The van der Waals surface area contributed by atoms with Gasteiger partial charge in [-0.05, 0) is 42.2 Å². The van der Waals surface area contributed by atoms with Gasteiger partial charge in [0, 0.05) is 6.54 Å². The molecule has 0 aliphatic heterocycles. The van der Waals surface area contributed by atoms with Crippen molar-refractivity contribution in [1.82, 2.24) is 5.32 Å². The summed E-state index contributed by atoms with van der Waals surface area (Å²) < 4.78 is 11.2. The van der Waals surface area contributed by atoms with Gasteiger partial charge in [-0.1, -0.05) is 32.9 Å². The van der Waals surface area contributed by atoms with E-state index in [1.807, 2.05) is 19.1 Å². The number of carbonyl (C=O) groups excluding carboxylic acids is 1. The first-order chi connectivity index (χ1) is 10.6. The molecule has 0 atom stereocenters. The van der Waals surface area contributed by atoms with Crippen molar-refractivity contribution >= 4 is 5.91 Å². The molecule has 0 spiro atoms. The summed E-state index contributed by atoms with van der Waals surface area (Å²) in [7, 11) is 0.